The van der Waals surface area contributed by atoms with E-state index < -0.39 is 0 Å². The van der Waals surface area contributed by atoms with Gasteiger partial charge in [0, 0.05) is 19.0 Å². The Morgan fingerprint density at radius 3 is 2.53 bits per heavy atom. The zero-order chi connectivity index (χ0) is 11.8. The molecular formula is C14H24N2O. The monoisotopic (exact) mass is 236 g/mol. The van der Waals surface area contributed by atoms with E-state index >= 15 is 0 Å². The standard InChI is InChI=1S/C14H24N2O/c15-7-5-10-6-8-16(9-10)14(17)13-11-3-1-2-4-12(11)13/h10-13H,1-9,15H2. The van der Waals surface area contributed by atoms with Crippen LogP contribution in [-0.4, -0.2) is 30.4 Å². The Balaban J connectivity index is 1.54. The van der Waals surface area contributed by atoms with Gasteiger partial charge in [0.1, 0.15) is 0 Å². The number of nitrogens with two attached hydrogens (primary N) is 1. The molecule has 3 atom stereocenters. The fourth-order valence-electron chi connectivity index (χ4n) is 4.07. The Kier molecular flexibility index (Phi) is 3.12. The third-order valence-electron chi connectivity index (χ3n) is 5.11. The van der Waals surface area contributed by atoms with Crippen molar-refractivity contribution in [1.82, 2.24) is 4.90 Å². The highest BCUT2D eigenvalue weighted by atomic mass is 16.2. The molecule has 1 aliphatic heterocycles. The number of likely N-dealkylation sites (tertiary alicyclic amines) is 1. The van der Waals surface area contributed by atoms with E-state index in [1.165, 1.54) is 32.1 Å². The third kappa shape index (κ3) is 2.10. The first-order valence-electron chi connectivity index (χ1n) is 7.30. The minimum atomic E-state index is 0.411. The van der Waals surface area contributed by atoms with Crippen LogP contribution in [0.5, 0.6) is 0 Å². The molecule has 0 radical (unpaired) electrons. The summed E-state index contributed by atoms with van der Waals surface area (Å²) in [5.74, 6) is 3.06. The molecule has 2 aliphatic carbocycles. The largest absolute Gasteiger partial charge is 0.342 e. The average Bonchev–Trinajstić information content (AvgIpc) is 2.89. The van der Waals surface area contributed by atoms with E-state index in [2.05, 4.69) is 4.90 Å². The van der Waals surface area contributed by atoms with E-state index in [4.69, 9.17) is 5.73 Å². The van der Waals surface area contributed by atoms with Crippen LogP contribution in [0.15, 0.2) is 0 Å². The lowest BCUT2D eigenvalue weighted by Gasteiger charge is -2.16. The molecule has 0 bridgehead atoms. The number of hydrogen-bond acceptors (Lipinski definition) is 2. The lowest BCUT2D eigenvalue weighted by atomic mass is 10.0. The molecule has 3 unspecified atom stereocenters. The summed E-state index contributed by atoms with van der Waals surface area (Å²) in [6.45, 7) is 2.73. The van der Waals surface area contributed by atoms with Gasteiger partial charge < -0.3 is 10.6 Å². The number of carbonyl (C=O) groups is 1. The van der Waals surface area contributed by atoms with Crippen molar-refractivity contribution in [3.05, 3.63) is 0 Å². The minimum absolute atomic E-state index is 0.411. The summed E-state index contributed by atoms with van der Waals surface area (Å²) in [7, 11) is 0. The number of amides is 1. The zero-order valence-corrected chi connectivity index (χ0v) is 10.6. The van der Waals surface area contributed by atoms with Crippen LogP contribution in [0.3, 0.4) is 0 Å². The van der Waals surface area contributed by atoms with Crippen LogP contribution in [0.2, 0.25) is 0 Å². The van der Waals surface area contributed by atoms with Gasteiger partial charge in [-0.05, 0) is 50.0 Å². The molecule has 3 nitrogen and oxygen atoms in total. The Labute approximate surface area is 104 Å². The number of rotatable bonds is 3. The number of carbonyl (C=O) groups excluding carboxylic acids is 1. The van der Waals surface area contributed by atoms with Crippen LogP contribution in [0.4, 0.5) is 0 Å². The van der Waals surface area contributed by atoms with Crippen molar-refractivity contribution in [2.45, 2.75) is 38.5 Å². The van der Waals surface area contributed by atoms with Gasteiger partial charge in [0.25, 0.3) is 0 Å². The second-order valence-electron chi connectivity index (χ2n) is 6.15. The van der Waals surface area contributed by atoms with Crippen molar-refractivity contribution in [3.63, 3.8) is 0 Å². The van der Waals surface area contributed by atoms with Gasteiger partial charge in [-0.3, -0.25) is 4.79 Å². The van der Waals surface area contributed by atoms with E-state index in [-0.39, 0.29) is 0 Å². The summed E-state index contributed by atoms with van der Waals surface area (Å²) in [5, 5.41) is 0. The molecule has 3 fully saturated rings. The van der Waals surface area contributed by atoms with E-state index in [1.807, 2.05) is 0 Å². The molecule has 96 valence electrons. The van der Waals surface area contributed by atoms with Crippen molar-refractivity contribution in [2.75, 3.05) is 19.6 Å². The van der Waals surface area contributed by atoms with Gasteiger partial charge in [-0.2, -0.15) is 0 Å². The molecule has 1 saturated heterocycles. The molecule has 3 heteroatoms. The first-order chi connectivity index (χ1) is 8.31. The predicted molar refractivity (Wildman–Crippen MR) is 67.3 cm³/mol. The Hall–Kier alpha value is -0.570. The molecular weight excluding hydrogens is 212 g/mol. The van der Waals surface area contributed by atoms with Crippen molar-refractivity contribution in [3.8, 4) is 0 Å². The molecule has 3 aliphatic rings. The van der Waals surface area contributed by atoms with Crippen LogP contribution < -0.4 is 5.73 Å². The summed E-state index contributed by atoms with van der Waals surface area (Å²) in [6.07, 6.45) is 7.57. The molecule has 3 rings (SSSR count). The van der Waals surface area contributed by atoms with E-state index in [1.54, 1.807) is 0 Å². The van der Waals surface area contributed by atoms with Crippen molar-refractivity contribution < 1.29 is 4.79 Å². The van der Waals surface area contributed by atoms with Crippen LogP contribution in [0.25, 0.3) is 0 Å². The number of nitrogens with zero attached hydrogens (tertiary/aromatic N) is 1. The third-order valence-corrected chi connectivity index (χ3v) is 5.11. The molecule has 17 heavy (non-hydrogen) atoms. The highest BCUT2D eigenvalue weighted by Crippen LogP contribution is 2.56. The average molecular weight is 236 g/mol. The second-order valence-corrected chi connectivity index (χ2v) is 6.15. The van der Waals surface area contributed by atoms with Crippen LogP contribution in [0, 0.1) is 23.7 Å². The normalized spacial score (nSPS) is 40.2. The van der Waals surface area contributed by atoms with Gasteiger partial charge in [0.05, 0.1) is 0 Å². The summed E-state index contributed by atoms with van der Waals surface area (Å²) >= 11 is 0. The van der Waals surface area contributed by atoms with Gasteiger partial charge in [0.15, 0.2) is 0 Å². The fraction of sp³-hybridized carbons (Fsp3) is 0.929. The van der Waals surface area contributed by atoms with Gasteiger partial charge in [0.2, 0.25) is 5.91 Å². The SMILES string of the molecule is NCCC1CCN(C(=O)C2C3CCCCC32)C1. The molecule has 2 N–H and O–H groups in total. The van der Waals surface area contributed by atoms with Gasteiger partial charge >= 0.3 is 0 Å². The molecule has 0 aromatic rings. The highest BCUT2D eigenvalue weighted by molar-refractivity contribution is 5.82. The Bertz CT molecular complexity index is 293. The topological polar surface area (TPSA) is 46.3 Å². The van der Waals surface area contributed by atoms with Crippen LogP contribution in [-0.2, 0) is 4.79 Å². The Morgan fingerprint density at radius 1 is 1.18 bits per heavy atom. The maximum atomic E-state index is 12.4. The molecule has 1 amide bonds. The highest BCUT2D eigenvalue weighted by Gasteiger charge is 2.56. The van der Waals surface area contributed by atoms with E-state index in [0.29, 0.717) is 17.7 Å². The summed E-state index contributed by atoms with van der Waals surface area (Å²) in [6, 6.07) is 0. The lowest BCUT2D eigenvalue weighted by molar-refractivity contribution is -0.132. The molecule has 0 aromatic heterocycles. The fourth-order valence-corrected chi connectivity index (χ4v) is 4.07. The summed E-state index contributed by atoms with van der Waals surface area (Å²) in [4.78, 5) is 14.5. The number of hydrogen-bond donors (Lipinski definition) is 1. The zero-order valence-electron chi connectivity index (χ0n) is 10.6. The lowest BCUT2D eigenvalue weighted by Crippen LogP contribution is -2.31. The maximum absolute atomic E-state index is 12.4. The van der Waals surface area contributed by atoms with Crippen LogP contribution in [0.1, 0.15) is 38.5 Å². The molecule has 0 aromatic carbocycles. The molecule has 0 spiro atoms. The van der Waals surface area contributed by atoms with Gasteiger partial charge in [-0.25, -0.2) is 0 Å². The van der Waals surface area contributed by atoms with Gasteiger partial charge in [-0.1, -0.05) is 12.8 Å². The second kappa shape index (κ2) is 4.60. The molecule has 2 saturated carbocycles. The predicted octanol–water partition coefficient (Wildman–Crippen LogP) is 1.62. The van der Waals surface area contributed by atoms with E-state index in [9.17, 15) is 4.79 Å². The summed E-state index contributed by atoms with van der Waals surface area (Å²) < 4.78 is 0. The quantitative estimate of drug-likeness (QED) is 0.809. The van der Waals surface area contributed by atoms with Gasteiger partial charge in [-0.15, -0.1) is 0 Å². The van der Waals surface area contributed by atoms with E-state index in [0.717, 1.165) is 37.9 Å². The van der Waals surface area contributed by atoms with Crippen molar-refractivity contribution in [1.29, 1.82) is 0 Å². The van der Waals surface area contributed by atoms with Crippen molar-refractivity contribution >= 4 is 5.91 Å². The van der Waals surface area contributed by atoms with Crippen LogP contribution >= 0.6 is 0 Å². The minimum Gasteiger partial charge on any atom is -0.342 e. The molecule has 1 heterocycles. The maximum Gasteiger partial charge on any atom is 0.226 e. The Morgan fingerprint density at radius 2 is 1.88 bits per heavy atom. The summed E-state index contributed by atoms with van der Waals surface area (Å²) in [5.41, 5.74) is 5.59. The first kappa shape index (κ1) is 11.5. The first-order valence-corrected chi connectivity index (χ1v) is 7.30. The smallest absolute Gasteiger partial charge is 0.226 e. The number of fused-ring (bicyclic) bond motifs is 1. The van der Waals surface area contributed by atoms with Crippen molar-refractivity contribution in [2.24, 2.45) is 29.4 Å².